The second-order valence-electron chi connectivity index (χ2n) is 7.71. The molecule has 0 fully saturated rings. The van der Waals surface area contributed by atoms with Gasteiger partial charge in [0.1, 0.15) is 4.88 Å². The van der Waals surface area contributed by atoms with Gasteiger partial charge in [-0.15, -0.1) is 0 Å². The van der Waals surface area contributed by atoms with Crippen LogP contribution in [-0.2, 0) is 0 Å². The molecule has 2 aliphatic heterocycles. The van der Waals surface area contributed by atoms with E-state index in [4.69, 9.17) is 0 Å². The van der Waals surface area contributed by atoms with Crippen molar-refractivity contribution in [1.82, 2.24) is 4.90 Å². The average molecular weight is 462 g/mol. The Balaban J connectivity index is 1.34. The smallest absolute Gasteiger partial charge is 0.268 e. The Morgan fingerprint density at radius 1 is 0.788 bits per heavy atom. The van der Waals surface area contributed by atoms with Crippen LogP contribution in [0.3, 0.4) is 0 Å². The summed E-state index contributed by atoms with van der Waals surface area (Å²) in [6.45, 7) is 0. The summed E-state index contributed by atoms with van der Waals surface area (Å²) in [5, 5.41) is 2.41. The number of hydrogen-bond donors (Lipinski definition) is 0. The number of benzene rings is 2. The number of allylic oxidation sites excluding steroid dienone is 5. The van der Waals surface area contributed by atoms with E-state index < -0.39 is 0 Å². The summed E-state index contributed by atoms with van der Waals surface area (Å²) in [6, 6.07) is 27.6. The van der Waals surface area contributed by atoms with Crippen LogP contribution in [-0.4, -0.2) is 4.90 Å². The summed E-state index contributed by atoms with van der Waals surface area (Å²) >= 11 is 3.64. The van der Waals surface area contributed by atoms with Crippen molar-refractivity contribution in [2.45, 2.75) is 0 Å². The van der Waals surface area contributed by atoms with E-state index in [1.807, 2.05) is 23.1 Å². The number of thiazole rings is 1. The first-order chi connectivity index (χ1) is 16.4. The number of pyridine rings is 1. The van der Waals surface area contributed by atoms with Crippen LogP contribution in [0.15, 0.2) is 132 Å². The lowest BCUT2D eigenvalue weighted by Gasteiger charge is -2.18. The zero-order valence-electron chi connectivity index (χ0n) is 17.8. The molecule has 0 aliphatic carbocycles. The van der Waals surface area contributed by atoms with Gasteiger partial charge in [0.05, 0.1) is 10.7 Å². The van der Waals surface area contributed by atoms with Crippen LogP contribution < -0.4 is 4.40 Å². The fraction of sp³-hybridized carbons (Fsp3) is 0. The Morgan fingerprint density at radius 3 is 2.36 bits per heavy atom. The van der Waals surface area contributed by atoms with Crippen molar-refractivity contribution in [3.05, 3.63) is 143 Å². The first kappa shape index (κ1) is 20.0. The van der Waals surface area contributed by atoms with Crippen LogP contribution in [0.5, 0.6) is 0 Å². The van der Waals surface area contributed by atoms with Crippen molar-refractivity contribution >= 4 is 39.6 Å². The molecule has 0 radical (unpaired) electrons. The van der Waals surface area contributed by atoms with Gasteiger partial charge < -0.3 is 4.90 Å². The molecular formula is C29H21N2S2+. The molecule has 2 nitrogen and oxygen atoms in total. The standard InChI is InChI=1S/C29H21N2S2/c1-3-12-22(13-4-1)28-24-16-7-9-20-30(24)26(32-28)18-11-19-27-31-21-10-8-17-25(31)29(33-27)23-14-5-2-6-15-23/h1-21H/q+1. The van der Waals surface area contributed by atoms with E-state index in [2.05, 4.69) is 137 Å². The Morgan fingerprint density at radius 2 is 1.55 bits per heavy atom. The molecule has 0 saturated carbocycles. The number of fused-ring (bicyclic) bond motifs is 2. The molecule has 158 valence electrons. The molecule has 6 rings (SSSR count). The zero-order chi connectivity index (χ0) is 22.0. The third-order valence-corrected chi connectivity index (χ3v) is 8.00. The minimum atomic E-state index is 1.20. The van der Waals surface area contributed by atoms with E-state index in [0.29, 0.717) is 0 Å². The Bertz CT molecular complexity index is 1470. The summed E-state index contributed by atoms with van der Waals surface area (Å²) < 4.78 is 2.27. The van der Waals surface area contributed by atoms with E-state index in [9.17, 15) is 0 Å². The molecule has 2 aromatic heterocycles. The van der Waals surface area contributed by atoms with Gasteiger partial charge in [0, 0.05) is 29.3 Å². The largest absolute Gasteiger partial charge is 0.310 e. The predicted molar refractivity (Wildman–Crippen MR) is 141 cm³/mol. The molecule has 2 aromatic carbocycles. The van der Waals surface area contributed by atoms with Crippen molar-refractivity contribution in [2.24, 2.45) is 0 Å². The van der Waals surface area contributed by atoms with E-state index in [0.717, 1.165) is 0 Å². The molecule has 0 spiro atoms. The maximum atomic E-state index is 2.27. The Kier molecular flexibility index (Phi) is 5.31. The van der Waals surface area contributed by atoms with Crippen molar-refractivity contribution < 1.29 is 4.40 Å². The number of thioether (sulfide) groups is 1. The molecule has 0 saturated heterocycles. The van der Waals surface area contributed by atoms with Gasteiger partial charge in [-0.05, 0) is 35.4 Å². The third kappa shape index (κ3) is 3.78. The summed E-state index contributed by atoms with van der Waals surface area (Å²) in [6.07, 6.45) is 17.2. The molecule has 0 N–H and O–H groups in total. The molecule has 4 heterocycles. The van der Waals surface area contributed by atoms with Crippen LogP contribution >= 0.6 is 23.1 Å². The van der Waals surface area contributed by atoms with Crippen molar-refractivity contribution in [3.8, 4) is 10.4 Å². The highest BCUT2D eigenvalue weighted by molar-refractivity contribution is 8.12. The number of rotatable bonds is 4. The molecule has 4 aromatic rings. The monoisotopic (exact) mass is 461 g/mol. The lowest BCUT2D eigenvalue weighted by atomic mass is 10.1. The summed E-state index contributed by atoms with van der Waals surface area (Å²) in [7, 11) is 0. The van der Waals surface area contributed by atoms with Crippen molar-refractivity contribution in [1.29, 1.82) is 0 Å². The van der Waals surface area contributed by atoms with Gasteiger partial charge in [-0.3, -0.25) is 0 Å². The molecule has 2 aliphatic rings. The van der Waals surface area contributed by atoms with E-state index in [1.54, 1.807) is 0 Å². The lowest BCUT2D eigenvalue weighted by molar-refractivity contribution is -0.508. The fourth-order valence-corrected chi connectivity index (χ4v) is 6.36. The van der Waals surface area contributed by atoms with Gasteiger partial charge in [-0.25, -0.2) is 0 Å². The molecule has 0 unspecified atom stereocenters. The first-order valence-electron chi connectivity index (χ1n) is 10.9. The minimum Gasteiger partial charge on any atom is -0.310 e. The number of hydrogen-bond acceptors (Lipinski definition) is 3. The second-order valence-corrected chi connectivity index (χ2v) is 9.77. The van der Waals surface area contributed by atoms with E-state index in [-0.39, 0.29) is 0 Å². The van der Waals surface area contributed by atoms with Crippen molar-refractivity contribution in [2.75, 3.05) is 0 Å². The maximum Gasteiger partial charge on any atom is 0.268 e. The highest BCUT2D eigenvalue weighted by Crippen LogP contribution is 2.48. The Labute approximate surface area is 201 Å². The van der Waals surface area contributed by atoms with E-state index in [1.165, 1.54) is 42.2 Å². The highest BCUT2D eigenvalue weighted by Gasteiger charge is 2.26. The topological polar surface area (TPSA) is 7.34 Å². The molecule has 0 amide bonds. The van der Waals surface area contributed by atoms with Crippen LogP contribution in [0.1, 0.15) is 10.6 Å². The summed E-state index contributed by atoms with van der Waals surface area (Å²) in [5.74, 6) is 0. The van der Waals surface area contributed by atoms with Crippen LogP contribution in [0, 0.1) is 0 Å². The van der Waals surface area contributed by atoms with Gasteiger partial charge >= 0.3 is 0 Å². The molecule has 0 bridgehead atoms. The van der Waals surface area contributed by atoms with Crippen LogP contribution in [0.25, 0.3) is 26.9 Å². The molecule has 33 heavy (non-hydrogen) atoms. The second kappa shape index (κ2) is 8.74. The van der Waals surface area contributed by atoms with Gasteiger partial charge in [0.15, 0.2) is 6.20 Å². The SMILES string of the molecule is C1=CC2=C(c3ccccc3)S/C(=C\C=C\c3sc(-c4ccccc4)c4cccc[n+]34)N2C=C1. The minimum absolute atomic E-state index is 1.20. The summed E-state index contributed by atoms with van der Waals surface area (Å²) in [4.78, 5) is 4.85. The zero-order valence-corrected chi connectivity index (χ0v) is 19.5. The van der Waals surface area contributed by atoms with Gasteiger partial charge in [0.2, 0.25) is 5.52 Å². The quantitative estimate of drug-likeness (QED) is 0.290. The number of aromatic nitrogens is 1. The van der Waals surface area contributed by atoms with Crippen LogP contribution in [0.4, 0.5) is 0 Å². The normalized spacial score (nSPS) is 16.5. The fourth-order valence-electron chi connectivity index (χ4n) is 4.09. The van der Waals surface area contributed by atoms with E-state index >= 15 is 0 Å². The average Bonchev–Trinajstić information content (AvgIpc) is 3.44. The molecule has 4 heteroatoms. The molecular weight excluding hydrogens is 440 g/mol. The Hall–Kier alpha value is -3.60. The number of nitrogens with zero attached hydrogens (tertiary/aromatic N) is 2. The summed E-state index contributed by atoms with van der Waals surface area (Å²) in [5.41, 5.74) is 4.97. The maximum absolute atomic E-state index is 2.27. The third-order valence-electron chi connectivity index (χ3n) is 5.62. The predicted octanol–water partition coefficient (Wildman–Crippen LogP) is 7.51. The van der Waals surface area contributed by atoms with Gasteiger partial charge in [-0.1, -0.05) is 95.9 Å². The molecule has 0 atom stereocenters. The van der Waals surface area contributed by atoms with Crippen molar-refractivity contribution in [3.63, 3.8) is 0 Å². The highest BCUT2D eigenvalue weighted by atomic mass is 32.2. The van der Waals surface area contributed by atoms with Gasteiger partial charge in [-0.2, -0.15) is 4.40 Å². The lowest BCUT2D eigenvalue weighted by Crippen LogP contribution is -2.20. The van der Waals surface area contributed by atoms with Crippen LogP contribution in [0.2, 0.25) is 0 Å². The first-order valence-corrected chi connectivity index (χ1v) is 12.5. The van der Waals surface area contributed by atoms with Gasteiger partial charge in [0.25, 0.3) is 5.01 Å².